The summed E-state index contributed by atoms with van der Waals surface area (Å²) in [6.45, 7) is 4.08. The van der Waals surface area contributed by atoms with E-state index in [2.05, 4.69) is 50.3 Å². The molecule has 0 spiro atoms. The van der Waals surface area contributed by atoms with Crippen LogP contribution in [0.3, 0.4) is 0 Å². The summed E-state index contributed by atoms with van der Waals surface area (Å²) in [5.41, 5.74) is 0. The molecule has 0 fully saturated rings. The van der Waals surface area contributed by atoms with E-state index < -0.39 is 6.10 Å². The first kappa shape index (κ1) is 44.1. The zero-order valence-corrected chi connectivity index (χ0v) is 30.3. The molecule has 0 bridgehead atoms. The van der Waals surface area contributed by atoms with Gasteiger partial charge in [0.25, 0.3) is 0 Å². The lowest BCUT2D eigenvalue weighted by Gasteiger charge is -2.15. The number of esters is 2. The molecule has 0 aromatic carbocycles. The Hall–Kier alpha value is -1.88. The fraction of sp³-hybridized carbons (Fsp3) is 0.805. The summed E-state index contributed by atoms with van der Waals surface area (Å²) in [6, 6.07) is 0. The molecule has 46 heavy (non-hydrogen) atoms. The molecule has 0 amide bonds. The van der Waals surface area contributed by atoms with Crippen molar-refractivity contribution in [3.8, 4) is 0 Å². The highest BCUT2D eigenvalue weighted by Crippen LogP contribution is 2.13. The number of carbonyl (C=O) groups is 2. The van der Waals surface area contributed by atoms with E-state index in [1.54, 1.807) is 0 Å². The minimum absolute atomic E-state index is 0.0708. The molecule has 0 aromatic heterocycles. The Morgan fingerprint density at radius 1 is 0.500 bits per heavy atom. The summed E-state index contributed by atoms with van der Waals surface area (Å²) in [4.78, 5) is 24.2. The van der Waals surface area contributed by atoms with Crippen LogP contribution in [0, 0.1) is 0 Å². The summed E-state index contributed by atoms with van der Waals surface area (Å²) in [7, 11) is 0. The summed E-state index contributed by atoms with van der Waals surface area (Å²) >= 11 is 0. The maximum atomic E-state index is 12.2. The highest BCUT2D eigenvalue weighted by molar-refractivity contribution is 5.70. The van der Waals surface area contributed by atoms with E-state index in [1.165, 1.54) is 116 Å². The number of aliphatic hydroxyl groups excluding tert-OH is 1. The molecular formula is C41H74O5. The fourth-order valence-corrected chi connectivity index (χ4v) is 5.40. The van der Waals surface area contributed by atoms with Crippen LogP contribution in [0.15, 0.2) is 36.5 Å². The number of unbranched alkanes of at least 4 members (excludes halogenated alkanes) is 21. The normalized spacial score (nSPS) is 12.5. The average Bonchev–Trinajstić information content (AvgIpc) is 3.06. The summed E-state index contributed by atoms with van der Waals surface area (Å²) in [6.07, 6.45) is 44.8. The molecule has 1 N–H and O–H groups in total. The van der Waals surface area contributed by atoms with Crippen molar-refractivity contribution >= 4 is 11.9 Å². The monoisotopic (exact) mass is 647 g/mol. The first-order valence-corrected chi connectivity index (χ1v) is 19.5. The van der Waals surface area contributed by atoms with Crippen LogP contribution in [-0.4, -0.2) is 36.4 Å². The number of rotatable bonds is 35. The van der Waals surface area contributed by atoms with Crippen LogP contribution in [0.2, 0.25) is 0 Å². The van der Waals surface area contributed by atoms with Gasteiger partial charge in [0.2, 0.25) is 0 Å². The zero-order valence-electron chi connectivity index (χ0n) is 30.3. The van der Waals surface area contributed by atoms with Crippen molar-refractivity contribution in [3.05, 3.63) is 36.5 Å². The van der Waals surface area contributed by atoms with E-state index in [0.717, 1.165) is 51.4 Å². The highest BCUT2D eigenvalue weighted by atomic mass is 16.6. The largest absolute Gasteiger partial charge is 0.462 e. The third-order valence-corrected chi connectivity index (χ3v) is 8.41. The van der Waals surface area contributed by atoms with Crippen LogP contribution in [0.25, 0.3) is 0 Å². The predicted octanol–water partition coefficient (Wildman–Crippen LogP) is 12.1. The van der Waals surface area contributed by atoms with Gasteiger partial charge in [0.15, 0.2) is 6.10 Å². The van der Waals surface area contributed by atoms with Gasteiger partial charge in [-0.15, -0.1) is 0 Å². The first-order chi connectivity index (χ1) is 22.6. The van der Waals surface area contributed by atoms with Crippen molar-refractivity contribution in [2.75, 3.05) is 13.2 Å². The molecule has 0 aliphatic heterocycles. The van der Waals surface area contributed by atoms with Gasteiger partial charge in [0, 0.05) is 12.8 Å². The quantitative estimate of drug-likeness (QED) is 0.0421. The van der Waals surface area contributed by atoms with Crippen molar-refractivity contribution in [3.63, 3.8) is 0 Å². The van der Waals surface area contributed by atoms with E-state index in [1.807, 2.05) is 0 Å². The molecule has 0 saturated heterocycles. The van der Waals surface area contributed by atoms with Crippen LogP contribution in [-0.2, 0) is 19.1 Å². The Balaban J connectivity index is 3.56. The molecule has 0 unspecified atom stereocenters. The molecular weight excluding hydrogens is 572 g/mol. The predicted molar refractivity (Wildman–Crippen MR) is 196 cm³/mol. The molecule has 0 rings (SSSR count). The number of aliphatic hydroxyl groups is 1. The Kier molecular flexibility index (Phi) is 36.0. The standard InChI is InChI=1S/C41H74O5/c1-3-5-7-9-11-13-15-17-18-19-20-21-22-24-26-28-30-32-34-36-41(44)46-39(37-42)38-45-40(43)35-33-31-29-27-25-23-16-14-12-10-8-6-4-2/h11,13-14,16-18,39,42H,3-10,12,15,19-38H2,1-2H3/b13-11-,16-14-,18-17-/t39-/m0/s1. The molecule has 0 aromatic rings. The van der Waals surface area contributed by atoms with Gasteiger partial charge in [-0.2, -0.15) is 0 Å². The maximum absolute atomic E-state index is 12.2. The van der Waals surface area contributed by atoms with Crippen LogP contribution in [0.1, 0.15) is 194 Å². The summed E-state index contributed by atoms with van der Waals surface area (Å²) in [5, 5.41) is 9.54. The molecule has 268 valence electrons. The SMILES string of the molecule is CCCCC/C=C\C/C=C\CCCCCCCCCCCC(=O)O[C@@H](CO)COC(=O)CCCCCCC/C=C\CCCCCC. The van der Waals surface area contributed by atoms with Gasteiger partial charge < -0.3 is 14.6 Å². The van der Waals surface area contributed by atoms with E-state index in [0.29, 0.717) is 12.8 Å². The molecule has 0 saturated carbocycles. The minimum Gasteiger partial charge on any atom is -0.462 e. The van der Waals surface area contributed by atoms with Gasteiger partial charge in [-0.25, -0.2) is 0 Å². The smallest absolute Gasteiger partial charge is 0.306 e. The van der Waals surface area contributed by atoms with E-state index in [9.17, 15) is 14.7 Å². The number of hydrogen-bond acceptors (Lipinski definition) is 5. The third kappa shape index (κ3) is 35.0. The van der Waals surface area contributed by atoms with Crippen molar-refractivity contribution in [1.29, 1.82) is 0 Å². The van der Waals surface area contributed by atoms with Crippen LogP contribution < -0.4 is 0 Å². The Morgan fingerprint density at radius 3 is 1.35 bits per heavy atom. The van der Waals surface area contributed by atoms with Crippen LogP contribution in [0.5, 0.6) is 0 Å². The van der Waals surface area contributed by atoms with Gasteiger partial charge >= 0.3 is 11.9 Å². The number of hydrogen-bond donors (Lipinski definition) is 1. The summed E-state index contributed by atoms with van der Waals surface area (Å²) < 4.78 is 10.6. The second-order valence-electron chi connectivity index (χ2n) is 13.0. The fourth-order valence-electron chi connectivity index (χ4n) is 5.40. The molecule has 5 nitrogen and oxygen atoms in total. The Labute approximate surface area is 285 Å². The van der Waals surface area contributed by atoms with Crippen molar-refractivity contribution in [1.82, 2.24) is 0 Å². The average molecular weight is 647 g/mol. The van der Waals surface area contributed by atoms with E-state index >= 15 is 0 Å². The molecule has 0 aliphatic rings. The van der Waals surface area contributed by atoms with Gasteiger partial charge in [-0.1, -0.05) is 147 Å². The second kappa shape index (κ2) is 37.6. The van der Waals surface area contributed by atoms with Crippen LogP contribution in [0.4, 0.5) is 0 Å². The topological polar surface area (TPSA) is 72.8 Å². The molecule has 1 atom stereocenters. The van der Waals surface area contributed by atoms with E-state index in [-0.39, 0.29) is 25.2 Å². The lowest BCUT2D eigenvalue weighted by molar-refractivity contribution is -0.161. The summed E-state index contributed by atoms with van der Waals surface area (Å²) in [5.74, 6) is -0.604. The van der Waals surface area contributed by atoms with E-state index in [4.69, 9.17) is 9.47 Å². The lowest BCUT2D eigenvalue weighted by atomic mass is 10.1. The van der Waals surface area contributed by atoms with Gasteiger partial charge in [0.1, 0.15) is 6.61 Å². The van der Waals surface area contributed by atoms with Gasteiger partial charge in [0.05, 0.1) is 6.61 Å². The lowest BCUT2D eigenvalue weighted by Crippen LogP contribution is -2.28. The van der Waals surface area contributed by atoms with Crippen molar-refractivity contribution in [2.24, 2.45) is 0 Å². The van der Waals surface area contributed by atoms with Gasteiger partial charge in [-0.3, -0.25) is 9.59 Å². The minimum atomic E-state index is -0.774. The molecule has 0 heterocycles. The number of ether oxygens (including phenoxy) is 2. The van der Waals surface area contributed by atoms with Gasteiger partial charge in [-0.05, 0) is 70.6 Å². The zero-order chi connectivity index (χ0) is 33.6. The van der Waals surface area contributed by atoms with Crippen molar-refractivity contribution < 1.29 is 24.2 Å². The number of allylic oxidation sites excluding steroid dienone is 6. The Morgan fingerprint density at radius 2 is 0.870 bits per heavy atom. The Bertz CT molecular complexity index is 741. The second-order valence-corrected chi connectivity index (χ2v) is 13.0. The van der Waals surface area contributed by atoms with Crippen LogP contribution >= 0.6 is 0 Å². The van der Waals surface area contributed by atoms with Crippen molar-refractivity contribution in [2.45, 2.75) is 200 Å². The molecule has 5 heteroatoms. The maximum Gasteiger partial charge on any atom is 0.306 e. The third-order valence-electron chi connectivity index (χ3n) is 8.41. The first-order valence-electron chi connectivity index (χ1n) is 19.5. The number of carbonyl (C=O) groups excluding carboxylic acids is 2. The molecule has 0 aliphatic carbocycles. The molecule has 0 radical (unpaired) electrons. The highest BCUT2D eigenvalue weighted by Gasteiger charge is 2.16.